The van der Waals surface area contributed by atoms with Crippen LogP contribution in [0.25, 0.3) is 0 Å². The maximum atomic E-state index is 13.8. The van der Waals surface area contributed by atoms with E-state index in [4.69, 9.17) is 27.9 Å². The Balaban J connectivity index is 1.60. The number of rotatable bonds is 8. The summed E-state index contributed by atoms with van der Waals surface area (Å²) in [6, 6.07) is 18.7. The average molecular weight is 584 g/mol. The molecule has 4 rings (SSSR count). The lowest BCUT2D eigenvalue weighted by atomic mass is 9.89. The van der Waals surface area contributed by atoms with Crippen LogP contribution in [0.5, 0.6) is 5.75 Å². The van der Waals surface area contributed by atoms with E-state index >= 15 is 0 Å². The fourth-order valence-electron chi connectivity index (χ4n) is 4.91. The lowest BCUT2D eigenvalue weighted by Crippen LogP contribution is -2.47. The minimum Gasteiger partial charge on any atom is -0.494 e. The van der Waals surface area contributed by atoms with Gasteiger partial charge < -0.3 is 19.6 Å². The van der Waals surface area contributed by atoms with Gasteiger partial charge in [-0.3, -0.25) is 14.4 Å². The Kier molecular flexibility index (Phi) is 8.76. The Morgan fingerprint density at radius 1 is 1.00 bits per heavy atom. The Morgan fingerprint density at radius 2 is 1.62 bits per heavy atom. The molecule has 0 radical (unpaired) electrons. The van der Waals surface area contributed by atoms with E-state index < -0.39 is 11.4 Å². The molecule has 40 heavy (non-hydrogen) atoms. The summed E-state index contributed by atoms with van der Waals surface area (Å²) < 4.78 is 5.73. The van der Waals surface area contributed by atoms with Crippen molar-refractivity contribution in [3.05, 3.63) is 87.9 Å². The largest absolute Gasteiger partial charge is 0.494 e. The zero-order valence-electron chi connectivity index (χ0n) is 22.9. The number of anilines is 2. The SMILES string of the molecule is CC(=O)N(c1ccc(Cl)cc1)[C@@H]1C[C@H](C)N(C(=O)c2ccc(OCCC(C)(C)C(=O)O)cc2)c2ccc(Cl)cc21. The molecule has 0 aliphatic carbocycles. The van der Waals surface area contributed by atoms with Gasteiger partial charge in [0, 0.05) is 45.5 Å². The summed E-state index contributed by atoms with van der Waals surface area (Å²) >= 11 is 12.5. The molecular weight excluding hydrogens is 551 g/mol. The Morgan fingerprint density at radius 3 is 2.23 bits per heavy atom. The van der Waals surface area contributed by atoms with Crippen LogP contribution in [0.15, 0.2) is 66.7 Å². The predicted octanol–water partition coefficient (Wildman–Crippen LogP) is 7.41. The molecule has 0 bridgehead atoms. The number of hydrogen-bond donors (Lipinski definition) is 1. The molecule has 2 amide bonds. The Hall–Kier alpha value is -3.55. The smallest absolute Gasteiger partial charge is 0.309 e. The Labute approximate surface area is 244 Å². The summed E-state index contributed by atoms with van der Waals surface area (Å²) in [7, 11) is 0. The summed E-state index contributed by atoms with van der Waals surface area (Å²) in [4.78, 5) is 41.5. The van der Waals surface area contributed by atoms with Crippen molar-refractivity contribution >= 4 is 52.4 Å². The molecule has 9 heteroatoms. The van der Waals surface area contributed by atoms with Crippen LogP contribution in [-0.2, 0) is 9.59 Å². The van der Waals surface area contributed by atoms with E-state index in [9.17, 15) is 19.5 Å². The van der Waals surface area contributed by atoms with Gasteiger partial charge in [-0.25, -0.2) is 0 Å². The van der Waals surface area contributed by atoms with Crippen molar-refractivity contribution < 1.29 is 24.2 Å². The predicted molar refractivity (Wildman–Crippen MR) is 158 cm³/mol. The molecule has 7 nitrogen and oxygen atoms in total. The first-order valence-electron chi connectivity index (χ1n) is 13.0. The van der Waals surface area contributed by atoms with Crippen molar-refractivity contribution in [3.63, 3.8) is 0 Å². The van der Waals surface area contributed by atoms with Gasteiger partial charge in [-0.2, -0.15) is 0 Å². The number of aliphatic carboxylic acids is 1. The summed E-state index contributed by atoms with van der Waals surface area (Å²) in [5.41, 5.74) is 1.77. The molecule has 1 heterocycles. The normalized spacial score (nSPS) is 16.7. The van der Waals surface area contributed by atoms with Crippen molar-refractivity contribution in [1.29, 1.82) is 0 Å². The molecule has 0 aromatic heterocycles. The van der Waals surface area contributed by atoms with Crippen LogP contribution in [-0.4, -0.2) is 35.5 Å². The standard InChI is InChI=1S/C31H32Cl2N2O5/c1-19-17-28(35(20(2)36)24-10-7-22(32)8-11-24)26-18-23(33)9-14-27(26)34(19)29(37)21-5-12-25(13-6-21)40-16-15-31(3,4)30(38)39/h5-14,18-19,28H,15-17H2,1-4H3,(H,38,39)/t19-,28+/m0/s1. The van der Waals surface area contributed by atoms with Crippen molar-refractivity contribution in [1.82, 2.24) is 0 Å². The number of amides is 2. The first kappa shape index (κ1) is 29.4. The van der Waals surface area contributed by atoms with E-state index in [0.29, 0.717) is 45.6 Å². The Bertz CT molecular complexity index is 1410. The second kappa shape index (κ2) is 11.9. The molecule has 0 fully saturated rings. The zero-order valence-corrected chi connectivity index (χ0v) is 24.4. The van der Waals surface area contributed by atoms with Crippen LogP contribution in [0.4, 0.5) is 11.4 Å². The summed E-state index contributed by atoms with van der Waals surface area (Å²) in [5, 5.41) is 10.4. The van der Waals surface area contributed by atoms with Crippen molar-refractivity contribution in [2.75, 3.05) is 16.4 Å². The van der Waals surface area contributed by atoms with Gasteiger partial charge in [-0.1, -0.05) is 23.2 Å². The maximum Gasteiger partial charge on any atom is 0.309 e. The third-order valence-corrected chi connectivity index (χ3v) is 7.75. The van der Waals surface area contributed by atoms with Crippen molar-refractivity contribution in [2.45, 2.75) is 52.6 Å². The van der Waals surface area contributed by atoms with E-state index in [0.717, 1.165) is 5.56 Å². The third-order valence-electron chi connectivity index (χ3n) is 7.26. The first-order chi connectivity index (χ1) is 18.9. The zero-order chi connectivity index (χ0) is 29.2. The summed E-state index contributed by atoms with van der Waals surface area (Å²) in [6.45, 7) is 7.03. The molecular formula is C31H32Cl2N2O5. The number of carboxylic acid groups (broad SMARTS) is 1. The number of nitrogens with zero attached hydrogens (tertiary/aromatic N) is 2. The highest BCUT2D eigenvalue weighted by molar-refractivity contribution is 6.31. The van der Waals surface area contributed by atoms with Gasteiger partial charge in [0.1, 0.15) is 5.75 Å². The minimum atomic E-state index is -0.889. The quantitative estimate of drug-likeness (QED) is 0.299. The van der Waals surface area contributed by atoms with Gasteiger partial charge in [0.05, 0.1) is 18.1 Å². The number of halogens is 2. The molecule has 0 saturated heterocycles. The molecule has 3 aromatic carbocycles. The third kappa shape index (κ3) is 6.26. The highest BCUT2D eigenvalue weighted by Crippen LogP contribution is 2.44. The van der Waals surface area contributed by atoms with Gasteiger partial charge in [0.25, 0.3) is 5.91 Å². The van der Waals surface area contributed by atoms with Crippen LogP contribution in [0, 0.1) is 5.41 Å². The summed E-state index contributed by atoms with van der Waals surface area (Å²) in [5.74, 6) is -0.644. The van der Waals surface area contributed by atoms with Crippen LogP contribution >= 0.6 is 23.2 Å². The fourth-order valence-corrected chi connectivity index (χ4v) is 5.21. The molecule has 1 aliphatic rings. The molecule has 0 unspecified atom stereocenters. The van der Waals surface area contributed by atoms with Crippen molar-refractivity contribution in [3.8, 4) is 5.75 Å². The minimum absolute atomic E-state index is 0.132. The number of ether oxygens (including phenoxy) is 1. The number of carbonyl (C=O) groups is 3. The van der Waals surface area contributed by atoms with Crippen LogP contribution in [0.2, 0.25) is 10.0 Å². The lowest BCUT2D eigenvalue weighted by Gasteiger charge is -2.43. The molecule has 0 saturated carbocycles. The topological polar surface area (TPSA) is 87.2 Å². The fraction of sp³-hybridized carbons (Fsp3) is 0.323. The second-order valence-electron chi connectivity index (χ2n) is 10.7. The second-order valence-corrected chi connectivity index (χ2v) is 11.5. The highest BCUT2D eigenvalue weighted by Gasteiger charge is 2.38. The van der Waals surface area contributed by atoms with Crippen LogP contribution in [0.3, 0.4) is 0 Å². The number of fused-ring (bicyclic) bond motifs is 1. The summed E-state index contributed by atoms with van der Waals surface area (Å²) in [6.07, 6.45) is 0.851. The van der Waals surface area contributed by atoms with Gasteiger partial charge in [0.15, 0.2) is 0 Å². The van der Waals surface area contributed by atoms with E-state index in [-0.39, 0.29) is 30.5 Å². The molecule has 3 aromatic rings. The molecule has 0 spiro atoms. The average Bonchev–Trinajstić information content (AvgIpc) is 2.90. The number of carboxylic acids is 1. The molecule has 210 valence electrons. The number of benzene rings is 3. The maximum absolute atomic E-state index is 13.8. The number of carbonyl (C=O) groups excluding carboxylic acids is 2. The first-order valence-corrected chi connectivity index (χ1v) is 13.8. The van der Waals surface area contributed by atoms with Gasteiger partial charge in [-0.15, -0.1) is 0 Å². The number of hydrogen-bond acceptors (Lipinski definition) is 4. The molecule has 1 aliphatic heterocycles. The van der Waals surface area contributed by atoms with E-state index in [1.807, 2.05) is 31.2 Å². The highest BCUT2D eigenvalue weighted by atomic mass is 35.5. The monoisotopic (exact) mass is 582 g/mol. The van der Waals surface area contributed by atoms with Crippen LogP contribution < -0.4 is 14.5 Å². The van der Waals surface area contributed by atoms with Crippen LogP contribution in [0.1, 0.15) is 62.5 Å². The van der Waals surface area contributed by atoms with Gasteiger partial charge >= 0.3 is 5.97 Å². The van der Waals surface area contributed by atoms with E-state index in [2.05, 4.69) is 0 Å². The van der Waals surface area contributed by atoms with E-state index in [1.165, 1.54) is 6.92 Å². The van der Waals surface area contributed by atoms with E-state index in [1.54, 1.807) is 66.1 Å². The molecule has 2 atom stereocenters. The van der Waals surface area contributed by atoms with Crippen molar-refractivity contribution in [2.24, 2.45) is 5.41 Å². The lowest BCUT2D eigenvalue weighted by molar-refractivity contribution is -0.147. The molecule has 1 N–H and O–H groups in total. The van der Waals surface area contributed by atoms with Gasteiger partial charge in [0.2, 0.25) is 5.91 Å². The van der Waals surface area contributed by atoms with Gasteiger partial charge in [-0.05, 0) is 100 Å².